The van der Waals surface area contributed by atoms with Gasteiger partial charge in [0.05, 0.1) is 19.5 Å². The number of rotatable bonds is 7. The van der Waals surface area contributed by atoms with Crippen LogP contribution in [0.25, 0.3) is 11.2 Å². The lowest BCUT2D eigenvalue weighted by Crippen LogP contribution is -2.37. The second-order valence-electron chi connectivity index (χ2n) is 6.30. The molecule has 0 spiro atoms. The largest absolute Gasteiger partial charge is 0.382 e. The van der Waals surface area contributed by atoms with Crippen LogP contribution in [0.5, 0.6) is 0 Å². The van der Waals surface area contributed by atoms with E-state index in [1.807, 2.05) is 0 Å². The zero-order chi connectivity index (χ0) is 20.5. The van der Waals surface area contributed by atoms with E-state index < -0.39 is 32.1 Å². The van der Waals surface area contributed by atoms with Crippen LogP contribution in [-0.2, 0) is 29.8 Å². The standard InChI is InChI=1S/C16H21N4O7P/c1-5-6-19-8-18-14-11(15(19)21)17-9-20(14)16-13(25-3)12(27-28(4,22)23)10(26-16)7-24-2/h1,8-10,12-13,16H,6-7H2,2-4H3,(H,22,23)/t10-,12-,13-,16-/m1/s1. The molecule has 1 aliphatic heterocycles. The SMILES string of the molecule is C#CCn1cnc2c(ncn2[C@@H]2O[C@H](COC)[C@@H](OP(C)(=O)O)[C@H]2OC)c1=O. The van der Waals surface area contributed by atoms with Crippen molar-refractivity contribution < 1.29 is 28.2 Å². The molecule has 0 amide bonds. The Morgan fingerprint density at radius 3 is 2.71 bits per heavy atom. The molecule has 1 unspecified atom stereocenters. The fourth-order valence-corrected chi connectivity index (χ4v) is 3.89. The van der Waals surface area contributed by atoms with Crippen LogP contribution in [0.15, 0.2) is 17.4 Å². The van der Waals surface area contributed by atoms with Crippen LogP contribution in [0.2, 0.25) is 0 Å². The van der Waals surface area contributed by atoms with E-state index >= 15 is 0 Å². The summed E-state index contributed by atoms with van der Waals surface area (Å²) < 4.78 is 36.5. The second-order valence-corrected chi connectivity index (χ2v) is 8.12. The number of terminal acetylenes is 1. The van der Waals surface area contributed by atoms with Crippen LogP contribution in [0, 0.1) is 12.3 Å². The average Bonchev–Trinajstić information content (AvgIpc) is 3.18. The number of hydrogen-bond acceptors (Lipinski definition) is 8. The molecule has 0 radical (unpaired) electrons. The Bertz CT molecular complexity index is 991. The van der Waals surface area contributed by atoms with Gasteiger partial charge in [-0.2, -0.15) is 0 Å². The molecule has 1 N–H and O–H groups in total. The molecule has 2 aromatic rings. The van der Waals surface area contributed by atoms with E-state index in [2.05, 4.69) is 15.9 Å². The summed E-state index contributed by atoms with van der Waals surface area (Å²) >= 11 is 0. The van der Waals surface area contributed by atoms with Gasteiger partial charge in [0.1, 0.15) is 24.6 Å². The van der Waals surface area contributed by atoms with Crippen molar-refractivity contribution in [2.24, 2.45) is 0 Å². The number of fused-ring (bicyclic) bond motifs is 1. The number of hydrogen-bond donors (Lipinski definition) is 1. The maximum absolute atomic E-state index is 12.5. The van der Waals surface area contributed by atoms with Gasteiger partial charge in [0.25, 0.3) is 5.56 Å². The van der Waals surface area contributed by atoms with E-state index in [0.717, 1.165) is 6.66 Å². The Morgan fingerprint density at radius 2 is 2.11 bits per heavy atom. The first-order valence-corrected chi connectivity index (χ1v) is 10.3. The third-order valence-electron chi connectivity index (χ3n) is 4.29. The third kappa shape index (κ3) is 3.89. The minimum atomic E-state index is -3.83. The molecule has 5 atom stereocenters. The summed E-state index contributed by atoms with van der Waals surface area (Å²) in [5.41, 5.74) is 0.00123. The van der Waals surface area contributed by atoms with Crippen LogP contribution in [-0.4, -0.2) is 69.8 Å². The molecular formula is C16H21N4O7P. The Balaban J connectivity index is 2.02. The van der Waals surface area contributed by atoms with Gasteiger partial charge in [0.15, 0.2) is 17.4 Å². The van der Waals surface area contributed by atoms with E-state index in [1.165, 1.54) is 36.0 Å². The van der Waals surface area contributed by atoms with Gasteiger partial charge in [-0.25, -0.2) is 9.97 Å². The number of nitrogens with zero attached hydrogens (tertiary/aromatic N) is 4. The van der Waals surface area contributed by atoms with Gasteiger partial charge in [-0.1, -0.05) is 5.92 Å². The zero-order valence-corrected chi connectivity index (χ0v) is 16.5. The summed E-state index contributed by atoms with van der Waals surface area (Å²) in [6.07, 6.45) is 4.84. The Labute approximate surface area is 160 Å². The van der Waals surface area contributed by atoms with Crippen LogP contribution < -0.4 is 5.56 Å². The number of imidazole rings is 1. The van der Waals surface area contributed by atoms with Crippen LogP contribution in [0.1, 0.15) is 6.23 Å². The summed E-state index contributed by atoms with van der Waals surface area (Å²) in [5.74, 6) is 2.38. The molecule has 1 aliphatic rings. The van der Waals surface area contributed by atoms with Crippen molar-refractivity contribution in [3.63, 3.8) is 0 Å². The highest BCUT2D eigenvalue weighted by Crippen LogP contribution is 2.45. The van der Waals surface area contributed by atoms with Crippen molar-refractivity contribution in [2.75, 3.05) is 27.5 Å². The topological polar surface area (TPSA) is 127 Å². The highest BCUT2D eigenvalue weighted by atomic mass is 31.2. The lowest BCUT2D eigenvalue weighted by Gasteiger charge is -2.24. The highest BCUT2D eigenvalue weighted by molar-refractivity contribution is 7.51. The van der Waals surface area contributed by atoms with Gasteiger partial charge in [-0.15, -0.1) is 6.42 Å². The van der Waals surface area contributed by atoms with E-state index in [0.29, 0.717) is 0 Å². The smallest absolute Gasteiger partial charge is 0.325 e. The summed E-state index contributed by atoms with van der Waals surface area (Å²) in [6.45, 7) is 1.26. The molecule has 28 heavy (non-hydrogen) atoms. The highest BCUT2D eigenvalue weighted by Gasteiger charge is 2.49. The molecule has 12 heteroatoms. The van der Waals surface area contributed by atoms with Crippen molar-refractivity contribution >= 4 is 18.8 Å². The minimum Gasteiger partial charge on any atom is -0.382 e. The van der Waals surface area contributed by atoms with Crippen molar-refractivity contribution in [3.8, 4) is 12.3 Å². The van der Waals surface area contributed by atoms with Crippen molar-refractivity contribution in [1.29, 1.82) is 0 Å². The van der Waals surface area contributed by atoms with Gasteiger partial charge in [0, 0.05) is 20.9 Å². The lowest BCUT2D eigenvalue weighted by molar-refractivity contribution is -0.0629. The van der Waals surface area contributed by atoms with Gasteiger partial charge >= 0.3 is 7.60 Å². The lowest BCUT2D eigenvalue weighted by atomic mass is 10.1. The molecule has 152 valence electrons. The molecule has 3 heterocycles. The van der Waals surface area contributed by atoms with Gasteiger partial charge in [-0.05, 0) is 0 Å². The summed E-state index contributed by atoms with van der Waals surface area (Å²) in [4.78, 5) is 30.5. The normalized spacial score (nSPS) is 27.0. The zero-order valence-electron chi connectivity index (χ0n) is 15.6. The average molecular weight is 412 g/mol. The monoisotopic (exact) mass is 412 g/mol. The van der Waals surface area contributed by atoms with Crippen molar-refractivity contribution in [3.05, 3.63) is 23.0 Å². The van der Waals surface area contributed by atoms with Crippen LogP contribution in [0.4, 0.5) is 0 Å². The molecule has 0 aromatic carbocycles. The maximum Gasteiger partial charge on any atom is 0.325 e. The molecule has 0 saturated carbocycles. The molecule has 0 aliphatic carbocycles. The first-order chi connectivity index (χ1) is 13.3. The first kappa shape index (κ1) is 20.7. The second kappa shape index (κ2) is 8.13. The van der Waals surface area contributed by atoms with Gasteiger partial charge in [-0.3, -0.25) is 23.0 Å². The first-order valence-electron chi connectivity index (χ1n) is 8.32. The predicted octanol–water partition coefficient (Wildman–Crippen LogP) is -0.0146. The summed E-state index contributed by atoms with van der Waals surface area (Å²) in [7, 11) is -0.926. The van der Waals surface area contributed by atoms with Crippen LogP contribution in [0.3, 0.4) is 0 Å². The Morgan fingerprint density at radius 1 is 1.36 bits per heavy atom. The molecular weight excluding hydrogens is 391 g/mol. The number of aromatic nitrogens is 4. The van der Waals surface area contributed by atoms with Crippen molar-refractivity contribution in [1.82, 2.24) is 19.1 Å². The predicted molar refractivity (Wildman–Crippen MR) is 97.8 cm³/mol. The number of methoxy groups -OCH3 is 2. The molecule has 1 saturated heterocycles. The number of ether oxygens (including phenoxy) is 3. The fraction of sp³-hybridized carbons (Fsp3) is 0.562. The molecule has 3 rings (SSSR count). The van der Waals surface area contributed by atoms with Gasteiger partial charge in [0.2, 0.25) is 0 Å². The van der Waals surface area contributed by atoms with E-state index in [9.17, 15) is 14.3 Å². The quantitative estimate of drug-likeness (QED) is 0.493. The fourth-order valence-electron chi connectivity index (χ4n) is 3.18. The summed E-state index contributed by atoms with van der Waals surface area (Å²) in [5, 5.41) is 0. The Kier molecular flexibility index (Phi) is 6.00. The third-order valence-corrected chi connectivity index (χ3v) is 4.93. The van der Waals surface area contributed by atoms with Crippen molar-refractivity contribution in [2.45, 2.75) is 31.1 Å². The molecule has 2 aromatic heterocycles. The maximum atomic E-state index is 12.5. The van der Waals surface area contributed by atoms with E-state index in [-0.39, 0.29) is 29.9 Å². The van der Waals surface area contributed by atoms with Crippen LogP contribution >= 0.6 is 7.60 Å². The van der Waals surface area contributed by atoms with Gasteiger partial charge < -0.3 is 19.1 Å². The van der Waals surface area contributed by atoms with E-state index in [1.54, 1.807) is 0 Å². The molecule has 0 bridgehead atoms. The van der Waals surface area contributed by atoms with E-state index in [4.69, 9.17) is 25.2 Å². The Hall–Kier alpha value is -2.06. The summed E-state index contributed by atoms with van der Waals surface area (Å²) in [6, 6.07) is 0. The minimum absolute atomic E-state index is 0.0728. The molecule has 11 nitrogen and oxygen atoms in total. The molecule has 1 fully saturated rings.